The molecule has 0 saturated heterocycles. The summed E-state index contributed by atoms with van der Waals surface area (Å²) in [5, 5.41) is 0.563. The highest BCUT2D eigenvalue weighted by atomic mass is 35.5. The van der Waals surface area contributed by atoms with Gasteiger partial charge in [-0.05, 0) is 48.5 Å². The highest BCUT2D eigenvalue weighted by Gasteiger charge is 2.13. The number of Topliss-reactive ketones (excluding diaryl/α,β-unsaturated/α-hetero) is 1. The summed E-state index contributed by atoms with van der Waals surface area (Å²) in [5.41, 5.74) is 0.541. The molecule has 0 aliphatic carbocycles. The Morgan fingerprint density at radius 2 is 1.68 bits per heavy atom. The number of halogens is 2. The van der Waals surface area contributed by atoms with Gasteiger partial charge < -0.3 is 9.64 Å². The van der Waals surface area contributed by atoms with Crippen molar-refractivity contribution in [3.8, 4) is 5.75 Å². The monoisotopic (exact) mass is 363 g/mol. The Morgan fingerprint density at radius 1 is 1.04 bits per heavy atom. The van der Waals surface area contributed by atoms with E-state index in [1.54, 1.807) is 31.3 Å². The molecule has 6 heteroatoms. The van der Waals surface area contributed by atoms with Crippen molar-refractivity contribution in [2.45, 2.75) is 12.8 Å². The van der Waals surface area contributed by atoms with Crippen LogP contribution >= 0.6 is 11.6 Å². The third-order valence-electron chi connectivity index (χ3n) is 3.67. The molecule has 0 bridgehead atoms. The van der Waals surface area contributed by atoms with Gasteiger partial charge in [-0.2, -0.15) is 0 Å². The van der Waals surface area contributed by atoms with E-state index in [0.717, 1.165) is 0 Å². The van der Waals surface area contributed by atoms with Gasteiger partial charge in [0.05, 0.1) is 6.54 Å². The summed E-state index contributed by atoms with van der Waals surface area (Å²) in [6.45, 7) is 0.671. The molecule has 0 radical (unpaired) electrons. The lowest BCUT2D eigenvalue weighted by molar-refractivity contribution is -0.130. The number of hydrogen-bond acceptors (Lipinski definition) is 3. The maximum absolute atomic E-state index is 12.8. The molecule has 0 aromatic heterocycles. The SMILES string of the molecule is CN(CCOc1ccc(F)cc1)C(=O)CCC(=O)c1ccc(Cl)cc1. The topological polar surface area (TPSA) is 46.6 Å². The molecular formula is C19H19ClFNO3. The van der Waals surface area contributed by atoms with Crippen LogP contribution in [0.5, 0.6) is 5.75 Å². The number of carbonyl (C=O) groups is 2. The van der Waals surface area contributed by atoms with E-state index in [1.165, 1.54) is 29.2 Å². The van der Waals surface area contributed by atoms with Gasteiger partial charge in [0.2, 0.25) is 5.91 Å². The van der Waals surface area contributed by atoms with Gasteiger partial charge in [0.15, 0.2) is 5.78 Å². The number of ketones is 1. The fourth-order valence-electron chi connectivity index (χ4n) is 2.15. The number of hydrogen-bond donors (Lipinski definition) is 0. The Kier molecular flexibility index (Phi) is 6.95. The van der Waals surface area contributed by atoms with Crippen molar-refractivity contribution < 1.29 is 18.7 Å². The fraction of sp³-hybridized carbons (Fsp3) is 0.263. The maximum atomic E-state index is 12.8. The summed E-state index contributed by atoms with van der Waals surface area (Å²) in [6, 6.07) is 12.3. The van der Waals surface area contributed by atoms with Crippen LogP contribution in [0.2, 0.25) is 5.02 Å². The molecule has 0 atom stereocenters. The summed E-state index contributed by atoms with van der Waals surface area (Å²) in [5.74, 6) is -0.0174. The second-order valence-electron chi connectivity index (χ2n) is 5.55. The summed E-state index contributed by atoms with van der Waals surface area (Å²) < 4.78 is 18.2. The van der Waals surface area contributed by atoms with Crippen molar-refractivity contribution in [1.82, 2.24) is 4.90 Å². The molecule has 25 heavy (non-hydrogen) atoms. The van der Waals surface area contributed by atoms with E-state index < -0.39 is 0 Å². The molecule has 0 N–H and O–H groups in total. The molecule has 0 aliphatic rings. The lowest BCUT2D eigenvalue weighted by Crippen LogP contribution is -2.31. The molecule has 1 amide bonds. The number of rotatable bonds is 8. The van der Waals surface area contributed by atoms with Crippen molar-refractivity contribution >= 4 is 23.3 Å². The van der Waals surface area contributed by atoms with Gasteiger partial charge in [0.25, 0.3) is 0 Å². The Bertz CT molecular complexity index is 716. The maximum Gasteiger partial charge on any atom is 0.222 e. The fourth-order valence-corrected chi connectivity index (χ4v) is 2.27. The van der Waals surface area contributed by atoms with Crippen molar-refractivity contribution in [3.05, 3.63) is 64.9 Å². The first-order chi connectivity index (χ1) is 12.0. The van der Waals surface area contributed by atoms with E-state index in [2.05, 4.69) is 0 Å². The van der Waals surface area contributed by atoms with Crippen LogP contribution < -0.4 is 4.74 Å². The van der Waals surface area contributed by atoms with E-state index in [-0.39, 0.29) is 30.3 Å². The van der Waals surface area contributed by atoms with Crippen LogP contribution in [-0.4, -0.2) is 36.8 Å². The minimum absolute atomic E-state index is 0.0963. The first kappa shape index (κ1) is 18.9. The number of likely N-dealkylation sites (N-methyl/N-ethyl adjacent to an activating group) is 1. The van der Waals surface area contributed by atoms with E-state index in [1.807, 2.05) is 0 Å². The molecule has 0 heterocycles. The minimum Gasteiger partial charge on any atom is -0.492 e. The minimum atomic E-state index is -0.329. The molecular weight excluding hydrogens is 345 g/mol. The summed E-state index contributed by atoms with van der Waals surface area (Å²) >= 11 is 5.78. The van der Waals surface area contributed by atoms with Gasteiger partial charge in [0, 0.05) is 30.5 Å². The van der Waals surface area contributed by atoms with Crippen molar-refractivity contribution in [3.63, 3.8) is 0 Å². The zero-order valence-electron chi connectivity index (χ0n) is 13.9. The molecule has 4 nitrogen and oxygen atoms in total. The third-order valence-corrected chi connectivity index (χ3v) is 3.92. The van der Waals surface area contributed by atoms with Crippen LogP contribution in [0, 0.1) is 5.82 Å². The smallest absolute Gasteiger partial charge is 0.222 e. The average molecular weight is 364 g/mol. The van der Waals surface area contributed by atoms with Crippen LogP contribution in [0.1, 0.15) is 23.2 Å². The zero-order valence-corrected chi connectivity index (χ0v) is 14.6. The summed E-state index contributed by atoms with van der Waals surface area (Å²) in [7, 11) is 1.66. The Labute approximate surface area is 151 Å². The number of benzene rings is 2. The molecule has 0 fully saturated rings. The quantitative estimate of drug-likeness (QED) is 0.666. The van der Waals surface area contributed by atoms with Crippen LogP contribution in [0.3, 0.4) is 0 Å². The zero-order chi connectivity index (χ0) is 18.2. The summed E-state index contributed by atoms with van der Waals surface area (Å²) in [4.78, 5) is 25.6. The number of ether oxygens (including phenoxy) is 1. The van der Waals surface area contributed by atoms with Crippen molar-refractivity contribution in [2.24, 2.45) is 0 Å². The molecule has 0 saturated carbocycles. The van der Waals surface area contributed by atoms with Crippen molar-refractivity contribution in [1.29, 1.82) is 0 Å². The van der Waals surface area contributed by atoms with Crippen LogP contribution in [0.15, 0.2) is 48.5 Å². The van der Waals surface area contributed by atoms with Gasteiger partial charge in [-0.15, -0.1) is 0 Å². The Balaban J connectivity index is 1.71. The molecule has 2 rings (SSSR count). The number of carbonyl (C=O) groups excluding carboxylic acids is 2. The lowest BCUT2D eigenvalue weighted by Gasteiger charge is -2.17. The average Bonchev–Trinajstić information content (AvgIpc) is 2.61. The van der Waals surface area contributed by atoms with E-state index in [0.29, 0.717) is 29.5 Å². The van der Waals surface area contributed by atoms with E-state index >= 15 is 0 Å². The van der Waals surface area contributed by atoms with Crippen LogP contribution in [0.4, 0.5) is 4.39 Å². The highest BCUT2D eigenvalue weighted by molar-refractivity contribution is 6.30. The number of amides is 1. The van der Waals surface area contributed by atoms with Gasteiger partial charge >= 0.3 is 0 Å². The van der Waals surface area contributed by atoms with Crippen LogP contribution in [-0.2, 0) is 4.79 Å². The van der Waals surface area contributed by atoms with Gasteiger partial charge in [-0.25, -0.2) is 4.39 Å². The Hall–Kier alpha value is -2.40. The molecule has 2 aromatic rings. The lowest BCUT2D eigenvalue weighted by atomic mass is 10.1. The summed E-state index contributed by atoms with van der Waals surface area (Å²) in [6.07, 6.45) is 0.276. The standard InChI is InChI=1S/C19H19ClFNO3/c1-22(12-13-25-17-8-6-16(21)7-9-17)19(24)11-10-18(23)14-2-4-15(20)5-3-14/h2-9H,10-13H2,1H3. The number of nitrogens with zero attached hydrogens (tertiary/aromatic N) is 1. The molecule has 2 aromatic carbocycles. The predicted molar refractivity (Wildman–Crippen MR) is 94.5 cm³/mol. The molecule has 132 valence electrons. The van der Waals surface area contributed by atoms with Gasteiger partial charge in [-0.3, -0.25) is 9.59 Å². The third kappa shape index (κ3) is 6.19. The molecule has 0 spiro atoms. The van der Waals surface area contributed by atoms with Crippen molar-refractivity contribution in [2.75, 3.05) is 20.2 Å². The van der Waals surface area contributed by atoms with Gasteiger partial charge in [-0.1, -0.05) is 11.6 Å². The second kappa shape index (κ2) is 9.18. The normalized spacial score (nSPS) is 10.4. The largest absolute Gasteiger partial charge is 0.492 e. The van der Waals surface area contributed by atoms with Gasteiger partial charge in [0.1, 0.15) is 18.2 Å². The first-order valence-electron chi connectivity index (χ1n) is 7.87. The van der Waals surface area contributed by atoms with E-state index in [9.17, 15) is 14.0 Å². The molecule has 0 unspecified atom stereocenters. The predicted octanol–water partition coefficient (Wildman–Crippen LogP) is 3.98. The van der Waals surface area contributed by atoms with Crippen LogP contribution in [0.25, 0.3) is 0 Å². The highest BCUT2D eigenvalue weighted by Crippen LogP contribution is 2.13. The second-order valence-corrected chi connectivity index (χ2v) is 5.98. The first-order valence-corrected chi connectivity index (χ1v) is 8.24. The van der Waals surface area contributed by atoms with E-state index in [4.69, 9.17) is 16.3 Å². The Morgan fingerprint density at radius 3 is 2.32 bits per heavy atom. The molecule has 0 aliphatic heterocycles.